The molecule has 2 heterocycles. The minimum atomic E-state index is -0.790. The standard InChI is InChI=1S/C13H7N5O2.C13H6N4O/c14-5-8-11(13(15)19)17-9-6-3-1-2-4-7(6)10(18-20)12(9)16-8;1-15-13-9(6-14)16-11-10(17-13)7-4-2-3-5-8(7)12(11)18/h1-4,17H,(H2,15,19);2-5H,1H2. The number of nitriles is 2. The topological polar surface area (TPSA) is 204 Å². The number of nitrogens with zero attached hydrogens (tertiary/aromatic N) is 7. The zero-order valence-corrected chi connectivity index (χ0v) is 19.3. The Balaban J connectivity index is 0.000000156. The van der Waals surface area contributed by atoms with Crippen LogP contribution >= 0.6 is 0 Å². The Morgan fingerprint density at radius 1 is 0.895 bits per heavy atom. The first kappa shape index (κ1) is 23.6. The largest absolute Gasteiger partial charge is 0.364 e. The molecule has 3 aliphatic rings. The summed E-state index contributed by atoms with van der Waals surface area (Å²) in [5.41, 5.74) is 7.79. The van der Waals surface area contributed by atoms with Crippen molar-refractivity contribution in [1.82, 2.24) is 19.9 Å². The van der Waals surface area contributed by atoms with Gasteiger partial charge in [0.2, 0.25) is 5.78 Å². The van der Waals surface area contributed by atoms with Crippen LogP contribution in [0.15, 0.2) is 58.7 Å². The number of aromatic amines is 1. The van der Waals surface area contributed by atoms with Gasteiger partial charge in [-0.1, -0.05) is 48.5 Å². The number of nitrogens with two attached hydrogens (primary N) is 1. The molecule has 0 saturated heterocycles. The zero-order chi connectivity index (χ0) is 27.0. The Kier molecular flexibility index (Phi) is 5.68. The van der Waals surface area contributed by atoms with Crippen molar-refractivity contribution >= 4 is 40.7 Å². The Bertz CT molecular complexity index is 1890. The third-order valence-corrected chi connectivity index (χ3v) is 5.84. The molecule has 2 aromatic carbocycles. The van der Waals surface area contributed by atoms with Crippen LogP contribution in [-0.4, -0.2) is 38.3 Å². The van der Waals surface area contributed by atoms with Crippen molar-refractivity contribution in [2.24, 2.45) is 15.9 Å². The van der Waals surface area contributed by atoms with E-state index < -0.39 is 5.91 Å². The van der Waals surface area contributed by atoms with Crippen LogP contribution in [-0.2, 0) is 0 Å². The molecule has 3 aromatic rings. The number of aromatic nitrogens is 4. The molecule has 0 unspecified atom stereocenters. The number of hydrogen-bond donors (Lipinski definition) is 2. The van der Waals surface area contributed by atoms with Gasteiger partial charge in [0, 0.05) is 21.9 Å². The number of H-pyrrole nitrogens is 1. The quantitative estimate of drug-likeness (QED) is 0.269. The second kappa shape index (κ2) is 9.14. The van der Waals surface area contributed by atoms with Gasteiger partial charge in [-0.3, -0.25) is 9.59 Å². The molecule has 0 saturated carbocycles. The number of carbonyl (C=O) groups is 2. The van der Waals surface area contributed by atoms with Crippen molar-refractivity contribution in [3.8, 4) is 34.8 Å². The summed E-state index contributed by atoms with van der Waals surface area (Å²) >= 11 is 0. The third-order valence-electron chi connectivity index (χ3n) is 5.84. The molecule has 12 heteroatoms. The van der Waals surface area contributed by atoms with Crippen LogP contribution in [0.25, 0.3) is 33.4 Å². The molecular formula is C26H13N9O3. The second-order valence-electron chi connectivity index (χ2n) is 7.88. The van der Waals surface area contributed by atoms with Crippen molar-refractivity contribution in [2.75, 3.05) is 0 Å². The first-order chi connectivity index (χ1) is 18.4. The van der Waals surface area contributed by atoms with Gasteiger partial charge >= 0.3 is 0 Å². The maximum absolute atomic E-state index is 12.1. The van der Waals surface area contributed by atoms with E-state index in [1.165, 1.54) is 0 Å². The fourth-order valence-electron chi connectivity index (χ4n) is 4.19. The normalized spacial score (nSPS) is 11.1. The highest BCUT2D eigenvalue weighted by Crippen LogP contribution is 2.42. The number of nitrogens with one attached hydrogen (secondary N) is 1. The van der Waals surface area contributed by atoms with E-state index in [0.717, 1.165) is 5.56 Å². The fraction of sp³-hybridized carbons (Fsp3) is 0. The summed E-state index contributed by atoms with van der Waals surface area (Å²) in [6.07, 6.45) is 0. The Labute approximate surface area is 213 Å². The van der Waals surface area contributed by atoms with Gasteiger partial charge in [-0.2, -0.15) is 10.5 Å². The molecule has 12 nitrogen and oxygen atoms in total. The van der Waals surface area contributed by atoms with Crippen molar-refractivity contribution in [3.63, 3.8) is 0 Å². The molecule has 1 amide bonds. The lowest BCUT2D eigenvalue weighted by Gasteiger charge is -2.05. The summed E-state index contributed by atoms with van der Waals surface area (Å²) in [7, 11) is 0. The lowest BCUT2D eigenvalue weighted by atomic mass is 10.1. The number of nitroso groups, excluding NO2 is 1. The molecule has 38 heavy (non-hydrogen) atoms. The van der Waals surface area contributed by atoms with E-state index in [0.29, 0.717) is 27.7 Å². The highest BCUT2D eigenvalue weighted by Gasteiger charge is 2.30. The van der Waals surface area contributed by atoms with Crippen molar-refractivity contribution < 1.29 is 9.59 Å². The maximum Gasteiger partial charge on any atom is 0.268 e. The first-order valence-corrected chi connectivity index (χ1v) is 10.8. The number of ketones is 1. The molecule has 0 atom stereocenters. The summed E-state index contributed by atoms with van der Waals surface area (Å²) in [6, 6.07) is 17.8. The molecule has 3 N–H and O–H groups in total. The van der Waals surface area contributed by atoms with E-state index in [4.69, 9.17) is 16.3 Å². The Morgan fingerprint density at radius 3 is 2.16 bits per heavy atom. The summed E-state index contributed by atoms with van der Waals surface area (Å²) < 4.78 is 0. The number of hydrogen-bond acceptors (Lipinski definition) is 10. The van der Waals surface area contributed by atoms with E-state index in [1.54, 1.807) is 48.5 Å². The number of aliphatic imine (C=N–C) groups is 1. The second-order valence-corrected chi connectivity index (χ2v) is 7.88. The van der Waals surface area contributed by atoms with Crippen LogP contribution in [0.1, 0.15) is 37.9 Å². The minimum absolute atomic E-state index is 0.0184. The number of rotatable bonds is 3. The number of fused-ring (bicyclic) bond motifs is 6. The average Bonchev–Trinajstić information content (AvgIpc) is 3.42. The molecular weight excluding hydrogens is 486 g/mol. The van der Waals surface area contributed by atoms with E-state index in [1.807, 2.05) is 12.1 Å². The minimum Gasteiger partial charge on any atom is -0.364 e. The highest BCUT2D eigenvalue weighted by atomic mass is 16.3. The van der Waals surface area contributed by atoms with Gasteiger partial charge in [0.05, 0.1) is 5.69 Å². The van der Waals surface area contributed by atoms with Crippen LogP contribution in [0.2, 0.25) is 0 Å². The third kappa shape index (κ3) is 3.54. The van der Waals surface area contributed by atoms with Crippen LogP contribution in [0.4, 0.5) is 11.5 Å². The van der Waals surface area contributed by atoms with Gasteiger partial charge in [0.1, 0.15) is 40.6 Å². The van der Waals surface area contributed by atoms with Gasteiger partial charge in [-0.05, 0) is 11.9 Å². The van der Waals surface area contributed by atoms with Gasteiger partial charge < -0.3 is 10.7 Å². The van der Waals surface area contributed by atoms with Crippen molar-refractivity contribution in [2.45, 2.75) is 0 Å². The monoisotopic (exact) mass is 499 g/mol. The van der Waals surface area contributed by atoms with Gasteiger partial charge in [0.15, 0.2) is 17.2 Å². The Hall–Kier alpha value is -6.14. The molecule has 0 radical (unpaired) electrons. The molecule has 6 rings (SSSR count). The van der Waals surface area contributed by atoms with E-state index in [2.05, 4.69) is 36.8 Å². The van der Waals surface area contributed by atoms with Gasteiger partial charge in [-0.15, -0.1) is 4.91 Å². The Morgan fingerprint density at radius 2 is 1.53 bits per heavy atom. The van der Waals surface area contributed by atoms with Gasteiger partial charge in [-0.25, -0.2) is 19.9 Å². The number of carbonyl (C=O) groups excluding carboxylic acids is 2. The predicted molar refractivity (Wildman–Crippen MR) is 136 cm³/mol. The average molecular weight is 499 g/mol. The zero-order valence-electron chi connectivity index (χ0n) is 19.3. The molecule has 180 valence electrons. The molecule has 1 aliphatic heterocycles. The summed E-state index contributed by atoms with van der Waals surface area (Å²) in [5, 5.41) is 22.2. The number of amides is 1. The smallest absolute Gasteiger partial charge is 0.268 e. The molecule has 1 aromatic heterocycles. The van der Waals surface area contributed by atoms with Crippen LogP contribution in [0.5, 0.6) is 0 Å². The van der Waals surface area contributed by atoms with Crippen LogP contribution in [0, 0.1) is 27.6 Å². The summed E-state index contributed by atoms with van der Waals surface area (Å²) in [4.78, 5) is 53.2. The molecule has 2 aliphatic carbocycles. The summed E-state index contributed by atoms with van der Waals surface area (Å²) in [6.45, 7) is 3.35. The molecule has 0 spiro atoms. The van der Waals surface area contributed by atoms with Gasteiger partial charge in [0.25, 0.3) is 5.91 Å². The first-order valence-electron chi connectivity index (χ1n) is 10.8. The lowest BCUT2D eigenvalue weighted by molar-refractivity contribution is 0.0993. The molecule has 0 fully saturated rings. The number of primary amides is 1. The van der Waals surface area contributed by atoms with E-state index in [9.17, 15) is 14.5 Å². The maximum atomic E-state index is 12.1. The van der Waals surface area contributed by atoms with E-state index in [-0.39, 0.29) is 45.8 Å². The predicted octanol–water partition coefficient (Wildman–Crippen LogP) is 3.93. The lowest BCUT2D eigenvalue weighted by Crippen LogP contribution is -2.17. The van der Waals surface area contributed by atoms with E-state index >= 15 is 0 Å². The van der Waals surface area contributed by atoms with Crippen molar-refractivity contribution in [3.05, 3.63) is 81.8 Å². The molecule has 0 bridgehead atoms. The summed E-state index contributed by atoms with van der Waals surface area (Å²) in [5.74, 6) is -0.845. The SMILES string of the molecule is C=Nc1nc2c(nc1C#N)C(=O)c1ccccc1-2.N#Cc1nc2c(N=O)c3ccccc3c-2[nH]c1C(N)=O. The highest BCUT2D eigenvalue weighted by molar-refractivity contribution is 6.20. The van der Waals surface area contributed by atoms with Crippen LogP contribution in [0.3, 0.4) is 0 Å². The van der Waals surface area contributed by atoms with Crippen LogP contribution < -0.4 is 5.73 Å². The number of benzene rings is 2. The van der Waals surface area contributed by atoms with Crippen molar-refractivity contribution in [1.29, 1.82) is 10.5 Å². The fourth-order valence-corrected chi connectivity index (χ4v) is 4.19.